The quantitative estimate of drug-likeness (QED) is 0.499. The third-order valence-corrected chi connectivity index (χ3v) is 8.02. The van der Waals surface area contributed by atoms with Gasteiger partial charge in [0, 0.05) is 30.2 Å². The number of sulfonamides is 1. The number of imidazole rings is 1. The Morgan fingerprint density at radius 2 is 1.80 bits per heavy atom. The van der Waals surface area contributed by atoms with Crippen molar-refractivity contribution in [2.45, 2.75) is 10.8 Å². The molecule has 2 heterocycles. The van der Waals surface area contributed by atoms with E-state index < -0.39 is 10.0 Å². The highest BCUT2D eigenvalue weighted by molar-refractivity contribution is 7.91. The van der Waals surface area contributed by atoms with Gasteiger partial charge >= 0.3 is 0 Å². The van der Waals surface area contributed by atoms with Crippen molar-refractivity contribution in [2.75, 3.05) is 14.1 Å². The Labute approximate surface area is 178 Å². The van der Waals surface area contributed by atoms with Crippen molar-refractivity contribution in [2.24, 2.45) is 0 Å². The van der Waals surface area contributed by atoms with Crippen LogP contribution in [-0.4, -0.2) is 42.3 Å². The third kappa shape index (κ3) is 3.87. The van der Waals surface area contributed by atoms with Crippen LogP contribution in [0, 0.1) is 0 Å². The second-order valence-corrected chi connectivity index (χ2v) is 10.4. The molecule has 0 unspecified atom stereocenters. The average Bonchev–Trinajstić information content (AvgIpc) is 3.39. The van der Waals surface area contributed by atoms with E-state index in [0.29, 0.717) is 5.56 Å². The van der Waals surface area contributed by atoms with Gasteiger partial charge in [0.05, 0.1) is 17.6 Å². The summed E-state index contributed by atoms with van der Waals surface area (Å²) in [6.45, 7) is 0.264. The van der Waals surface area contributed by atoms with Gasteiger partial charge in [-0.15, -0.1) is 11.3 Å². The molecular weight excluding hydrogens is 420 g/mol. The van der Waals surface area contributed by atoms with E-state index in [1.54, 1.807) is 30.6 Å². The maximum Gasteiger partial charge on any atom is 0.252 e. The lowest BCUT2D eigenvalue weighted by molar-refractivity contribution is 0.0951. The summed E-state index contributed by atoms with van der Waals surface area (Å²) in [6.07, 6.45) is 1.76. The van der Waals surface area contributed by atoms with Crippen molar-refractivity contribution in [1.29, 1.82) is 0 Å². The molecule has 0 saturated heterocycles. The zero-order valence-electron chi connectivity index (χ0n) is 16.4. The van der Waals surface area contributed by atoms with Gasteiger partial charge in [-0.2, -0.15) is 0 Å². The van der Waals surface area contributed by atoms with E-state index in [9.17, 15) is 13.2 Å². The van der Waals surface area contributed by atoms with E-state index in [4.69, 9.17) is 0 Å². The number of aromatic nitrogens is 2. The van der Waals surface area contributed by atoms with E-state index >= 15 is 0 Å². The molecule has 0 radical (unpaired) electrons. The van der Waals surface area contributed by atoms with Gasteiger partial charge in [0.1, 0.15) is 10.5 Å². The highest BCUT2D eigenvalue weighted by Gasteiger charge is 2.19. The number of nitrogens with zero attached hydrogens (tertiary/aromatic N) is 3. The Kier molecular flexibility index (Phi) is 5.42. The van der Waals surface area contributed by atoms with Gasteiger partial charge in [0.15, 0.2) is 0 Å². The summed E-state index contributed by atoms with van der Waals surface area (Å²) in [5.74, 6) is -0.220. The van der Waals surface area contributed by atoms with Crippen molar-refractivity contribution in [3.8, 4) is 5.69 Å². The minimum Gasteiger partial charge on any atom is -0.347 e. The molecule has 0 spiro atoms. The molecule has 0 aliphatic heterocycles. The van der Waals surface area contributed by atoms with E-state index in [0.717, 1.165) is 32.9 Å². The molecule has 2 aromatic heterocycles. The van der Waals surface area contributed by atoms with Crippen molar-refractivity contribution >= 4 is 38.3 Å². The molecule has 0 saturated carbocycles. The number of amides is 1. The Morgan fingerprint density at radius 1 is 1.07 bits per heavy atom. The molecule has 1 N–H and O–H groups in total. The minimum absolute atomic E-state index is 0.220. The Morgan fingerprint density at radius 3 is 2.53 bits per heavy atom. The summed E-state index contributed by atoms with van der Waals surface area (Å²) in [5, 5.41) is 2.84. The predicted octanol–water partition coefficient (Wildman–Crippen LogP) is 3.27. The fourth-order valence-corrected chi connectivity index (χ4v) is 5.44. The molecule has 30 heavy (non-hydrogen) atoms. The Balaban J connectivity index is 1.44. The predicted molar refractivity (Wildman–Crippen MR) is 117 cm³/mol. The van der Waals surface area contributed by atoms with Gasteiger partial charge in [-0.05, 0) is 48.5 Å². The number of hydrogen-bond acceptors (Lipinski definition) is 5. The second kappa shape index (κ2) is 8.02. The minimum atomic E-state index is -3.46. The van der Waals surface area contributed by atoms with Crippen LogP contribution in [0.5, 0.6) is 0 Å². The molecule has 2 aromatic carbocycles. The number of nitrogens with one attached hydrogen (secondary N) is 1. The Bertz CT molecular complexity index is 1310. The first-order valence-corrected chi connectivity index (χ1v) is 11.4. The zero-order chi connectivity index (χ0) is 21.3. The summed E-state index contributed by atoms with van der Waals surface area (Å²) in [5.41, 5.74) is 3.35. The fraction of sp³-hybridized carbons (Fsp3) is 0.143. The van der Waals surface area contributed by atoms with Crippen LogP contribution in [0.4, 0.5) is 0 Å². The van der Waals surface area contributed by atoms with Gasteiger partial charge < -0.3 is 5.32 Å². The molecule has 0 atom stereocenters. The number of benzene rings is 2. The summed E-state index contributed by atoms with van der Waals surface area (Å²) in [7, 11) is -0.471. The summed E-state index contributed by atoms with van der Waals surface area (Å²) < 4.78 is 27.7. The second-order valence-electron chi connectivity index (χ2n) is 6.84. The van der Waals surface area contributed by atoms with Gasteiger partial charge in [0.25, 0.3) is 15.9 Å². The van der Waals surface area contributed by atoms with E-state index in [2.05, 4.69) is 10.3 Å². The number of carbonyl (C=O) groups excluding carboxylic acids is 1. The normalized spacial score (nSPS) is 11.8. The fourth-order valence-electron chi connectivity index (χ4n) is 2.98. The maximum atomic E-state index is 12.5. The van der Waals surface area contributed by atoms with E-state index in [-0.39, 0.29) is 16.7 Å². The van der Waals surface area contributed by atoms with Crippen molar-refractivity contribution < 1.29 is 13.2 Å². The number of rotatable bonds is 6. The first-order chi connectivity index (χ1) is 14.4. The lowest BCUT2D eigenvalue weighted by Gasteiger charge is -2.08. The first-order valence-electron chi connectivity index (χ1n) is 9.18. The monoisotopic (exact) mass is 440 g/mol. The standard InChI is InChI=1S/C21H20N4O3S2/c1-24(2)30(27,28)20-12-11-17(29-20)13-22-21(26)15-7-9-16(10-8-15)25-14-23-18-5-3-4-6-19(18)25/h3-12,14H,13H2,1-2H3,(H,22,26). The summed E-state index contributed by atoms with van der Waals surface area (Å²) >= 11 is 1.15. The number of carbonyl (C=O) groups is 1. The number of hydrogen-bond donors (Lipinski definition) is 1. The molecular formula is C21H20N4O3S2. The van der Waals surface area contributed by atoms with Crippen LogP contribution in [0.25, 0.3) is 16.7 Å². The zero-order valence-corrected chi connectivity index (χ0v) is 18.1. The molecule has 7 nitrogen and oxygen atoms in total. The van der Waals surface area contributed by atoms with E-state index in [1.165, 1.54) is 18.4 Å². The molecule has 0 bridgehead atoms. The number of thiophene rings is 1. The molecule has 154 valence electrons. The van der Waals surface area contributed by atoms with Crippen LogP contribution in [0.1, 0.15) is 15.2 Å². The smallest absolute Gasteiger partial charge is 0.252 e. The summed E-state index contributed by atoms with van der Waals surface area (Å²) in [6, 6.07) is 18.4. The highest BCUT2D eigenvalue weighted by atomic mass is 32.2. The maximum absolute atomic E-state index is 12.5. The molecule has 4 rings (SSSR count). The molecule has 0 fully saturated rings. The van der Waals surface area contributed by atoms with Crippen molar-refractivity contribution in [3.05, 3.63) is 77.4 Å². The molecule has 1 amide bonds. The SMILES string of the molecule is CN(C)S(=O)(=O)c1ccc(CNC(=O)c2ccc(-n3cnc4ccccc43)cc2)s1. The molecule has 0 aliphatic carbocycles. The molecule has 0 aliphatic rings. The van der Waals surface area contributed by atoms with Gasteiger partial charge in [-0.25, -0.2) is 17.7 Å². The van der Waals surface area contributed by atoms with Crippen LogP contribution < -0.4 is 5.32 Å². The van der Waals surface area contributed by atoms with Crippen LogP contribution >= 0.6 is 11.3 Å². The van der Waals surface area contributed by atoms with Crippen LogP contribution in [0.3, 0.4) is 0 Å². The lowest BCUT2D eigenvalue weighted by Crippen LogP contribution is -2.22. The lowest BCUT2D eigenvalue weighted by atomic mass is 10.2. The van der Waals surface area contributed by atoms with Crippen LogP contribution in [0.15, 0.2) is 71.2 Å². The van der Waals surface area contributed by atoms with Gasteiger partial charge in [-0.3, -0.25) is 9.36 Å². The topological polar surface area (TPSA) is 84.3 Å². The molecule has 9 heteroatoms. The Hall–Kier alpha value is -3.01. The van der Waals surface area contributed by atoms with Gasteiger partial charge in [-0.1, -0.05) is 12.1 Å². The van der Waals surface area contributed by atoms with Gasteiger partial charge in [0.2, 0.25) is 0 Å². The largest absolute Gasteiger partial charge is 0.347 e. The molecule has 4 aromatic rings. The van der Waals surface area contributed by atoms with Crippen LogP contribution in [-0.2, 0) is 16.6 Å². The average molecular weight is 441 g/mol. The third-order valence-electron chi connectivity index (χ3n) is 4.66. The summed E-state index contributed by atoms with van der Waals surface area (Å²) in [4.78, 5) is 17.6. The number of para-hydroxylation sites is 2. The van der Waals surface area contributed by atoms with Crippen molar-refractivity contribution in [1.82, 2.24) is 19.2 Å². The van der Waals surface area contributed by atoms with Crippen molar-refractivity contribution in [3.63, 3.8) is 0 Å². The number of fused-ring (bicyclic) bond motifs is 1. The van der Waals surface area contributed by atoms with Crippen LogP contribution in [0.2, 0.25) is 0 Å². The first kappa shape index (κ1) is 20.3. The van der Waals surface area contributed by atoms with E-state index in [1.807, 2.05) is 41.0 Å². The highest BCUT2D eigenvalue weighted by Crippen LogP contribution is 2.24.